The van der Waals surface area contributed by atoms with Gasteiger partial charge in [0.25, 0.3) is 0 Å². The summed E-state index contributed by atoms with van der Waals surface area (Å²) < 4.78 is 1.81. The molecular formula is C14H13N3. The van der Waals surface area contributed by atoms with Crippen LogP contribution in [0, 0.1) is 6.92 Å². The van der Waals surface area contributed by atoms with Crippen molar-refractivity contribution in [2.24, 2.45) is 0 Å². The van der Waals surface area contributed by atoms with Gasteiger partial charge in [0.15, 0.2) is 6.72 Å². The molecule has 84 valence electrons. The number of fused-ring (bicyclic) bond motifs is 1. The third kappa shape index (κ3) is 1.56. The monoisotopic (exact) mass is 223 g/mol. The molecule has 17 heavy (non-hydrogen) atoms. The van der Waals surface area contributed by atoms with Crippen molar-refractivity contribution in [2.75, 3.05) is 5.12 Å². The predicted molar refractivity (Wildman–Crippen MR) is 70.2 cm³/mol. The van der Waals surface area contributed by atoms with Crippen LogP contribution in [0.25, 0.3) is 5.43 Å². The van der Waals surface area contributed by atoms with Crippen molar-refractivity contribution in [3.8, 4) is 0 Å². The zero-order valence-electron chi connectivity index (χ0n) is 9.67. The van der Waals surface area contributed by atoms with Gasteiger partial charge in [-0.1, -0.05) is 40.6 Å². The highest BCUT2D eigenvalue weighted by Crippen LogP contribution is 2.41. The molecule has 0 aromatic heterocycles. The SMILES string of the molecule is C=[N+]1c2ccccc2[N-]N1c1ccc(C)cc1. The first kappa shape index (κ1) is 9.90. The Bertz CT molecular complexity index is 572. The van der Waals surface area contributed by atoms with Gasteiger partial charge < -0.3 is 5.43 Å². The minimum absolute atomic E-state index is 0.947. The van der Waals surface area contributed by atoms with Crippen LogP contribution in [0.5, 0.6) is 0 Å². The molecule has 2 aromatic carbocycles. The second kappa shape index (κ2) is 3.63. The minimum Gasteiger partial charge on any atom is -0.531 e. The third-order valence-corrected chi connectivity index (χ3v) is 2.86. The van der Waals surface area contributed by atoms with Crippen LogP contribution < -0.4 is 5.12 Å². The van der Waals surface area contributed by atoms with Crippen LogP contribution in [0.3, 0.4) is 0 Å². The number of hydrogen-bond acceptors (Lipinski definition) is 1. The Morgan fingerprint density at radius 3 is 2.47 bits per heavy atom. The summed E-state index contributed by atoms with van der Waals surface area (Å²) in [7, 11) is 0. The minimum atomic E-state index is 0.947. The molecule has 1 heterocycles. The summed E-state index contributed by atoms with van der Waals surface area (Å²) in [6, 6.07) is 16.2. The summed E-state index contributed by atoms with van der Waals surface area (Å²) >= 11 is 0. The molecule has 0 saturated carbocycles. The maximum Gasteiger partial charge on any atom is 0.220 e. The Morgan fingerprint density at radius 2 is 1.76 bits per heavy atom. The third-order valence-electron chi connectivity index (χ3n) is 2.86. The molecule has 0 unspecified atom stereocenters. The highest BCUT2D eigenvalue weighted by atomic mass is 15.8. The van der Waals surface area contributed by atoms with Crippen LogP contribution in [-0.4, -0.2) is 11.4 Å². The maximum atomic E-state index is 4.53. The molecule has 0 radical (unpaired) electrons. The lowest BCUT2D eigenvalue weighted by atomic mass is 10.2. The summed E-state index contributed by atoms with van der Waals surface area (Å²) in [5.41, 5.74) is 8.75. The number of hydrazone groups is 1. The Hall–Kier alpha value is -2.29. The molecule has 3 rings (SSSR count). The zero-order chi connectivity index (χ0) is 11.8. The van der Waals surface area contributed by atoms with Gasteiger partial charge in [0.1, 0.15) is 0 Å². The van der Waals surface area contributed by atoms with Gasteiger partial charge in [0.05, 0.1) is 5.69 Å². The molecule has 1 aliphatic heterocycles. The average molecular weight is 223 g/mol. The summed E-state index contributed by atoms with van der Waals surface area (Å²) in [6.07, 6.45) is 0. The van der Waals surface area contributed by atoms with Crippen LogP contribution in [0.2, 0.25) is 0 Å². The summed E-state index contributed by atoms with van der Waals surface area (Å²) in [6.45, 7) is 6.10. The van der Waals surface area contributed by atoms with E-state index < -0.39 is 0 Å². The smallest absolute Gasteiger partial charge is 0.220 e. The lowest BCUT2D eigenvalue weighted by molar-refractivity contribution is -0.430. The van der Waals surface area contributed by atoms with E-state index in [9.17, 15) is 0 Å². The quantitative estimate of drug-likeness (QED) is 0.675. The Morgan fingerprint density at radius 1 is 1.06 bits per heavy atom. The molecule has 0 aliphatic carbocycles. The molecule has 1 aliphatic rings. The van der Waals surface area contributed by atoms with Crippen molar-refractivity contribution in [1.82, 2.24) is 0 Å². The van der Waals surface area contributed by atoms with E-state index in [1.165, 1.54) is 5.56 Å². The average Bonchev–Trinajstić information content (AvgIpc) is 2.69. The van der Waals surface area contributed by atoms with Gasteiger partial charge in [0, 0.05) is 6.07 Å². The Kier molecular flexibility index (Phi) is 2.11. The molecular weight excluding hydrogens is 210 g/mol. The van der Waals surface area contributed by atoms with Gasteiger partial charge >= 0.3 is 0 Å². The molecule has 2 aromatic rings. The normalized spacial score (nSPS) is 13.5. The molecule has 0 fully saturated rings. The van der Waals surface area contributed by atoms with E-state index >= 15 is 0 Å². The number of rotatable bonds is 1. The fourth-order valence-corrected chi connectivity index (χ4v) is 1.90. The Balaban J connectivity index is 1.99. The van der Waals surface area contributed by atoms with Gasteiger partial charge in [-0.05, 0) is 24.7 Å². The zero-order valence-corrected chi connectivity index (χ0v) is 9.67. The fraction of sp³-hybridized carbons (Fsp3) is 0.0714. The number of hydrazine groups is 1. The van der Waals surface area contributed by atoms with E-state index in [2.05, 4.69) is 31.2 Å². The van der Waals surface area contributed by atoms with E-state index in [1.54, 1.807) is 4.68 Å². The second-order valence-electron chi connectivity index (χ2n) is 4.11. The molecule has 0 saturated heterocycles. The second-order valence-corrected chi connectivity index (χ2v) is 4.11. The van der Waals surface area contributed by atoms with Crippen LogP contribution in [0.4, 0.5) is 17.1 Å². The number of para-hydroxylation sites is 1. The Labute approximate surface area is 101 Å². The van der Waals surface area contributed by atoms with Crippen molar-refractivity contribution in [3.05, 3.63) is 59.5 Å². The van der Waals surface area contributed by atoms with Crippen LogP contribution in [0.1, 0.15) is 5.56 Å². The van der Waals surface area contributed by atoms with E-state index in [0.717, 1.165) is 17.1 Å². The van der Waals surface area contributed by atoms with Crippen LogP contribution in [0.15, 0.2) is 48.5 Å². The molecule has 0 amide bonds. The lowest BCUT2D eigenvalue weighted by Gasteiger charge is -2.24. The predicted octanol–water partition coefficient (Wildman–Crippen LogP) is 3.70. The molecule has 0 bridgehead atoms. The van der Waals surface area contributed by atoms with Crippen LogP contribution >= 0.6 is 0 Å². The summed E-state index contributed by atoms with van der Waals surface area (Å²) in [4.78, 5) is 0. The first-order valence-electron chi connectivity index (χ1n) is 5.54. The molecule has 0 spiro atoms. The van der Waals surface area contributed by atoms with E-state index in [1.807, 2.05) is 41.5 Å². The van der Waals surface area contributed by atoms with Crippen molar-refractivity contribution in [1.29, 1.82) is 0 Å². The van der Waals surface area contributed by atoms with Gasteiger partial charge in [-0.2, -0.15) is 0 Å². The van der Waals surface area contributed by atoms with Gasteiger partial charge in [-0.15, -0.1) is 0 Å². The molecule has 3 nitrogen and oxygen atoms in total. The number of anilines is 1. The molecule has 0 N–H and O–H groups in total. The fourth-order valence-electron chi connectivity index (χ4n) is 1.90. The largest absolute Gasteiger partial charge is 0.531 e. The molecule has 0 atom stereocenters. The van der Waals surface area contributed by atoms with Crippen molar-refractivity contribution < 1.29 is 4.68 Å². The number of benzene rings is 2. The van der Waals surface area contributed by atoms with Crippen molar-refractivity contribution in [3.63, 3.8) is 0 Å². The molecule has 3 heteroatoms. The van der Waals surface area contributed by atoms with Gasteiger partial charge in [-0.25, -0.2) is 5.12 Å². The highest BCUT2D eigenvalue weighted by molar-refractivity contribution is 5.73. The van der Waals surface area contributed by atoms with E-state index in [4.69, 9.17) is 0 Å². The number of hydrogen-bond donors (Lipinski definition) is 0. The lowest BCUT2D eigenvalue weighted by Crippen LogP contribution is -2.20. The van der Waals surface area contributed by atoms with E-state index in [0.29, 0.717) is 0 Å². The maximum absolute atomic E-state index is 4.53. The highest BCUT2D eigenvalue weighted by Gasteiger charge is 2.20. The summed E-state index contributed by atoms with van der Waals surface area (Å²) in [5, 5.41) is 1.81. The summed E-state index contributed by atoms with van der Waals surface area (Å²) in [5.74, 6) is 0. The number of nitrogens with zero attached hydrogens (tertiary/aromatic N) is 3. The van der Waals surface area contributed by atoms with Crippen molar-refractivity contribution >= 4 is 23.8 Å². The standard InChI is InChI=1S/C14H13N3/c1-11-7-9-12(10-8-11)17-15-13-5-3-4-6-14(13)16(17)2/h3-10H,2H2,1H3. The van der Waals surface area contributed by atoms with Gasteiger partial charge in [-0.3, -0.25) is 0 Å². The van der Waals surface area contributed by atoms with Crippen LogP contribution in [-0.2, 0) is 0 Å². The first-order valence-corrected chi connectivity index (χ1v) is 5.54. The van der Waals surface area contributed by atoms with Crippen molar-refractivity contribution in [2.45, 2.75) is 6.92 Å². The first-order chi connectivity index (χ1) is 8.25. The number of aryl methyl sites for hydroxylation is 1. The topological polar surface area (TPSA) is 20.4 Å². The van der Waals surface area contributed by atoms with Gasteiger partial charge in [0.2, 0.25) is 5.69 Å². The van der Waals surface area contributed by atoms with E-state index in [-0.39, 0.29) is 0 Å².